The molecule has 0 aromatic rings. The zero-order valence-corrected chi connectivity index (χ0v) is 13.7. The van der Waals surface area contributed by atoms with Gasteiger partial charge in [0, 0.05) is 5.97 Å². The Labute approximate surface area is 125 Å². The molecule has 0 rings (SSSR count). The normalized spacial score (nSPS) is 15.5. The molecule has 0 N–H and O–H groups in total. The van der Waals surface area contributed by atoms with Crippen molar-refractivity contribution < 1.29 is 9.90 Å². The summed E-state index contributed by atoms with van der Waals surface area (Å²) < 4.78 is 0. The molecule has 0 amide bonds. The molecule has 0 spiro atoms. The number of carboxylic acids is 1. The first-order chi connectivity index (χ1) is 9.47. The molecule has 0 radical (unpaired) electrons. The third kappa shape index (κ3) is 10.8. The number of allylic oxidation sites excluding steroid dienone is 4. The maximum absolute atomic E-state index is 10.6. The van der Waals surface area contributed by atoms with E-state index in [0.717, 1.165) is 25.2 Å². The van der Waals surface area contributed by atoms with E-state index in [-0.39, 0.29) is 5.92 Å². The fraction of sp³-hybridized carbons (Fsp3) is 0.722. The van der Waals surface area contributed by atoms with Crippen molar-refractivity contribution >= 4 is 5.97 Å². The molecule has 2 heteroatoms. The Balaban J connectivity index is 3.72. The van der Waals surface area contributed by atoms with E-state index in [1.807, 2.05) is 0 Å². The van der Waals surface area contributed by atoms with Crippen LogP contribution >= 0.6 is 0 Å². The average molecular weight is 279 g/mol. The van der Waals surface area contributed by atoms with Gasteiger partial charge in [-0.05, 0) is 70.6 Å². The number of carbonyl (C=O) groups excluding carboxylic acids is 1. The largest absolute Gasteiger partial charge is 0.550 e. The van der Waals surface area contributed by atoms with Gasteiger partial charge in [-0.2, -0.15) is 0 Å². The quantitative estimate of drug-likeness (QED) is 0.530. The molecule has 0 heterocycles. The van der Waals surface area contributed by atoms with E-state index in [4.69, 9.17) is 0 Å². The third-order valence-corrected chi connectivity index (χ3v) is 3.82. The Morgan fingerprint density at radius 2 is 1.80 bits per heavy atom. The first-order valence-corrected chi connectivity index (χ1v) is 7.95. The second-order valence-corrected chi connectivity index (χ2v) is 5.99. The summed E-state index contributed by atoms with van der Waals surface area (Å²) in [5.74, 6) is -0.482. The van der Waals surface area contributed by atoms with E-state index >= 15 is 0 Å². The Hall–Kier alpha value is -1.05. The van der Waals surface area contributed by atoms with Crippen molar-refractivity contribution in [2.24, 2.45) is 11.8 Å². The van der Waals surface area contributed by atoms with Crippen molar-refractivity contribution in [1.82, 2.24) is 0 Å². The molecule has 0 aliphatic rings. The molecule has 0 aromatic heterocycles. The smallest absolute Gasteiger partial charge is 0.0442 e. The van der Waals surface area contributed by atoms with Crippen LogP contribution in [-0.4, -0.2) is 5.97 Å². The molecule has 0 aromatic carbocycles. The van der Waals surface area contributed by atoms with Gasteiger partial charge in [0.15, 0.2) is 0 Å². The summed E-state index contributed by atoms with van der Waals surface area (Å²) in [6, 6.07) is 0. The fourth-order valence-corrected chi connectivity index (χ4v) is 2.21. The Kier molecular flexibility index (Phi) is 11.1. The molecule has 0 saturated heterocycles. The molecule has 20 heavy (non-hydrogen) atoms. The molecule has 0 aliphatic carbocycles. The fourth-order valence-electron chi connectivity index (χ4n) is 2.21. The lowest BCUT2D eigenvalue weighted by Gasteiger charge is -2.12. The van der Waals surface area contributed by atoms with Crippen LogP contribution in [0.1, 0.15) is 72.6 Å². The molecule has 0 fully saturated rings. The van der Waals surface area contributed by atoms with Crippen LogP contribution in [0.15, 0.2) is 23.8 Å². The van der Waals surface area contributed by atoms with E-state index in [1.165, 1.54) is 24.8 Å². The van der Waals surface area contributed by atoms with Gasteiger partial charge in [-0.25, -0.2) is 0 Å². The molecule has 2 unspecified atom stereocenters. The third-order valence-electron chi connectivity index (χ3n) is 3.82. The van der Waals surface area contributed by atoms with Crippen LogP contribution in [-0.2, 0) is 4.79 Å². The second kappa shape index (κ2) is 11.7. The van der Waals surface area contributed by atoms with E-state index < -0.39 is 5.97 Å². The molecule has 116 valence electrons. The van der Waals surface area contributed by atoms with Crippen LogP contribution in [0.3, 0.4) is 0 Å². The van der Waals surface area contributed by atoms with E-state index in [0.29, 0.717) is 6.42 Å². The maximum Gasteiger partial charge on any atom is 0.0442 e. The van der Waals surface area contributed by atoms with Gasteiger partial charge in [-0.1, -0.05) is 37.6 Å². The topological polar surface area (TPSA) is 40.1 Å². The van der Waals surface area contributed by atoms with Crippen molar-refractivity contribution in [3.05, 3.63) is 23.8 Å². The van der Waals surface area contributed by atoms with Crippen LogP contribution in [0.25, 0.3) is 0 Å². The van der Waals surface area contributed by atoms with Gasteiger partial charge < -0.3 is 9.90 Å². The van der Waals surface area contributed by atoms with Crippen molar-refractivity contribution in [2.75, 3.05) is 0 Å². The van der Waals surface area contributed by atoms with E-state index in [2.05, 4.69) is 39.0 Å². The minimum atomic E-state index is -0.929. The summed E-state index contributed by atoms with van der Waals surface area (Å²) in [6.45, 7) is 8.25. The van der Waals surface area contributed by atoms with Crippen molar-refractivity contribution in [3.8, 4) is 0 Å². The monoisotopic (exact) mass is 279 g/mol. The lowest BCUT2D eigenvalue weighted by Crippen LogP contribution is -2.29. The SMILES string of the molecule is C/C=C\CCC(C)CC/C=C(\C)CCCC(C)C(=O)[O-]. The molecule has 2 atom stereocenters. The van der Waals surface area contributed by atoms with Gasteiger partial charge in [0.25, 0.3) is 0 Å². The summed E-state index contributed by atoms with van der Waals surface area (Å²) in [4.78, 5) is 10.6. The number of carboxylic acid groups (broad SMARTS) is 1. The highest BCUT2D eigenvalue weighted by Crippen LogP contribution is 2.16. The lowest BCUT2D eigenvalue weighted by atomic mass is 9.97. The van der Waals surface area contributed by atoms with Crippen molar-refractivity contribution in [2.45, 2.75) is 72.6 Å². The summed E-state index contributed by atoms with van der Waals surface area (Å²) in [5.41, 5.74) is 1.39. The highest BCUT2D eigenvalue weighted by molar-refractivity contribution is 5.66. The molecule has 2 nitrogen and oxygen atoms in total. The van der Waals surface area contributed by atoms with Crippen molar-refractivity contribution in [3.63, 3.8) is 0 Å². The van der Waals surface area contributed by atoms with Gasteiger partial charge in [0.05, 0.1) is 0 Å². The number of rotatable bonds is 11. The first-order valence-electron chi connectivity index (χ1n) is 7.95. The van der Waals surface area contributed by atoms with Gasteiger partial charge in [0.2, 0.25) is 0 Å². The average Bonchev–Trinajstić information content (AvgIpc) is 2.38. The first kappa shape index (κ1) is 18.9. The Bertz CT molecular complexity index is 315. The molecule has 0 aliphatic heterocycles. The van der Waals surface area contributed by atoms with Gasteiger partial charge in [-0.3, -0.25) is 0 Å². The van der Waals surface area contributed by atoms with Gasteiger partial charge in [0.1, 0.15) is 0 Å². The van der Waals surface area contributed by atoms with Crippen molar-refractivity contribution in [1.29, 1.82) is 0 Å². The van der Waals surface area contributed by atoms with E-state index in [1.54, 1.807) is 6.92 Å². The molecular formula is C18H31O2-. The summed E-state index contributed by atoms with van der Waals surface area (Å²) in [6.07, 6.45) is 14.1. The highest BCUT2D eigenvalue weighted by Gasteiger charge is 2.03. The predicted molar refractivity (Wildman–Crippen MR) is 84.2 cm³/mol. The molecule has 0 bridgehead atoms. The van der Waals surface area contributed by atoms with Crippen LogP contribution in [0.5, 0.6) is 0 Å². The minimum absolute atomic E-state index is 0.325. The number of hydrogen-bond acceptors (Lipinski definition) is 2. The summed E-state index contributed by atoms with van der Waals surface area (Å²) >= 11 is 0. The zero-order chi connectivity index (χ0) is 15.4. The summed E-state index contributed by atoms with van der Waals surface area (Å²) in [7, 11) is 0. The number of aliphatic carboxylic acids is 1. The number of hydrogen-bond donors (Lipinski definition) is 0. The molecular weight excluding hydrogens is 248 g/mol. The highest BCUT2D eigenvalue weighted by atomic mass is 16.4. The Morgan fingerprint density at radius 1 is 1.15 bits per heavy atom. The zero-order valence-electron chi connectivity index (χ0n) is 13.7. The van der Waals surface area contributed by atoms with Crippen LogP contribution in [0.2, 0.25) is 0 Å². The minimum Gasteiger partial charge on any atom is -0.550 e. The molecule has 0 saturated carbocycles. The Morgan fingerprint density at radius 3 is 2.40 bits per heavy atom. The van der Waals surface area contributed by atoms with Crippen LogP contribution in [0.4, 0.5) is 0 Å². The van der Waals surface area contributed by atoms with Crippen LogP contribution < -0.4 is 5.11 Å². The van der Waals surface area contributed by atoms with Gasteiger partial charge in [-0.15, -0.1) is 0 Å². The predicted octanol–water partition coefficient (Wildman–Crippen LogP) is 4.26. The second-order valence-electron chi connectivity index (χ2n) is 5.99. The van der Waals surface area contributed by atoms with Gasteiger partial charge >= 0.3 is 0 Å². The van der Waals surface area contributed by atoms with E-state index in [9.17, 15) is 9.90 Å². The maximum atomic E-state index is 10.6. The number of carbonyl (C=O) groups is 1. The standard InChI is InChI=1S/C18H32O2/c1-5-6-7-10-15(2)11-8-12-16(3)13-9-14-17(4)18(19)20/h5-6,12,15,17H,7-11,13-14H2,1-4H3,(H,19,20)/p-1/b6-5-,16-12+. The van der Waals surface area contributed by atoms with Crippen LogP contribution in [0, 0.1) is 11.8 Å². The lowest BCUT2D eigenvalue weighted by molar-refractivity contribution is -0.311. The summed E-state index contributed by atoms with van der Waals surface area (Å²) in [5, 5.41) is 10.6.